The van der Waals surface area contributed by atoms with E-state index in [1.54, 1.807) is 0 Å². The monoisotopic (exact) mass is 231 g/mol. The van der Waals surface area contributed by atoms with E-state index in [0.29, 0.717) is 24.3 Å². The van der Waals surface area contributed by atoms with E-state index in [2.05, 4.69) is 19.2 Å². The van der Waals surface area contributed by atoms with Crippen LogP contribution < -0.4 is 5.32 Å². The molecule has 0 aliphatic heterocycles. The highest BCUT2D eigenvalue weighted by atomic mass is 35.5. The van der Waals surface area contributed by atoms with Crippen LogP contribution >= 0.6 is 11.6 Å². The molecule has 88 valence electrons. The van der Waals surface area contributed by atoms with E-state index in [-0.39, 0.29) is 5.91 Å². The molecule has 1 amide bonds. The van der Waals surface area contributed by atoms with Crippen LogP contribution in [0.4, 0.5) is 0 Å². The molecule has 2 nitrogen and oxygen atoms in total. The Morgan fingerprint density at radius 3 is 2.73 bits per heavy atom. The first kappa shape index (κ1) is 12.8. The van der Waals surface area contributed by atoms with Crippen molar-refractivity contribution >= 4 is 17.5 Å². The summed E-state index contributed by atoms with van der Waals surface area (Å²) in [6, 6.07) is 0.401. The van der Waals surface area contributed by atoms with Crippen LogP contribution in [0.25, 0.3) is 0 Å². The first-order chi connectivity index (χ1) is 7.19. The maximum atomic E-state index is 11.5. The second-order valence-electron chi connectivity index (χ2n) is 4.57. The van der Waals surface area contributed by atoms with Crippen molar-refractivity contribution in [1.82, 2.24) is 5.32 Å². The van der Waals surface area contributed by atoms with Crippen molar-refractivity contribution in [2.45, 2.75) is 52.0 Å². The molecule has 0 aromatic heterocycles. The van der Waals surface area contributed by atoms with Gasteiger partial charge >= 0.3 is 0 Å². The van der Waals surface area contributed by atoms with Crippen LogP contribution in [0.15, 0.2) is 0 Å². The minimum Gasteiger partial charge on any atom is -0.353 e. The number of hydrogen-bond donors (Lipinski definition) is 1. The summed E-state index contributed by atoms with van der Waals surface area (Å²) >= 11 is 5.56. The molecule has 1 N–H and O–H groups in total. The lowest BCUT2D eigenvalue weighted by atomic mass is 9.93. The van der Waals surface area contributed by atoms with E-state index in [9.17, 15) is 4.79 Å². The predicted octanol–water partition coefficient (Wildman–Crippen LogP) is 2.95. The Bertz CT molecular complexity index is 208. The van der Waals surface area contributed by atoms with Crippen molar-refractivity contribution in [1.29, 1.82) is 0 Å². The van der Waals surface area contributed by atoms with Crippen LogP contribution in [-0.4, -0.2) is 17.8 Å². The molecule has 0 spiro atoms. The van der Waals surface area contributed by atoms with Crippen LogP contribution in [0.5, 0.6) is 0 Å². The highest BCUT2D eigenvalue weighted by Gasteiger charge is 2.32. The maximum Gasteiger partial charge on any atom is 0.220 e. The molecule has 1 fully saturated rings. The predicted molar refractivity (Wildman–Crippen MR) is 64.1 cm³/mol. The summed E-state index contributed by atoms with van der Waals surface area (Å²) in [5, 5.41) is 3.13. The fourth-order valence-electron chi connectivity index (χ4n) is 2.53. The zero-order valence-electron chi connectivity index (χ0n) is 9.76. The first-order valence-electron chi connectivity index (χ1n) is 6.04. The van der Waals surface area contributed by atoms with Gasteiger partial charge in [-0.05, 0) is 31.1 Å². The molecule has 0 aromatic rings. The average Bonchev–Trinajstić information content (AvgIpc) is 2.57. The summed E-state index contributed by atoms with van der Waals surface area (Å²) in [5.41, 5.74) is 0. The number of carbonyl (C=O) groups excluding carboxylic acids is 1. The molecule has 15 heavy (non-hydrogen) atoms. The molecule has 1 aliphatic rings. The van der Waals surface area contributed by atoms with Gasteiger partial charge in [0.05, 0.1) is 0 Å². The quantitative estimate of drug-likeness (QED) is 0.725. The number of alkyl halides is 1. The van der Waals surface area contributed by atoms with E-state index < -0.39 is 0 Å². The second-order valence-corrected chi connectivity index (χ2v) is 4.95. The van der Waals surface area contributed by atoms with Gasteiger partial charge in [-0.15, -0.1) is 11.6 Å². The van der Waals surface area contributed by atoms with Gasteiger partial charge in [-0.25, -0.2) is 0 Å². The molecule has 0 radical (unpaired) electrons. The minimum absolute atomic E-state index is 0.171. The van der Waals surface area contributed by atoms with Gasteiger partial charge in [0.1, 0.15) is 0 Å². The highest BCUT2D eigenvalue weighted by molar-refractivity contribution is 6.17. The van der Waals surface area contributed by atoms with Crippen molar-refractivity contribution < 1.29 is 4.79 Å². The lowest BCUT2D eigenvalue weighted by molar-refractivity contribution is -0.122. The van der Waals surface area contributed by atoms with Crippen LogP contribution in [0.2, 0.25) is 0 Å². The molecule has 3 heteroatoms. The van der Waals surface area contributed by atoms with Crippen molar-refractivity contribution in [3.8, 4) is 0 Å². The first-order valence-corrected chi connectivity index (χ1v) is 6.57. The summed E-state index contributed by atoms with van der Waals surface area (Å²) in [6.45, 7) is 4.49. The van der Waals surface area contributed by atoms with E-state index in [1.807, 2.05) is 0 Å². The Hall–Kier alpha value is -0.240. The topological polar surface area (TPSA) is 29.1 Å². The zero-order valence-corrected chi connectivity index (χ0v) is 10.5. The largest absolute Gasteiger partial charge is 0.353 e. The normalized spacial score (nSPS) is 30.5. The maximum absolute atomic E-state index is 11.5. The molecule has 1 saturated carbocycles. The molecule has 3 unspecified atom stereocenters. The number of rotatable bonds is 5. The highest BCUT2D eigenvalue weighted by Crippen LogP contribution is 2.33. The van der Waals surface area contributed by atoms with Crippen LogP contribution in [0, 0.1) is 11.8 Å². The van der Waals surface area contributed by atoms with Gasteiger partial charge in [-0.2, -0.15) is 0 Å². The van der Waals surface area contributed by atoms with Gasteiger partial charge in [-0.3, -0.25) is 4.79 Å². The Labute approximate surface area is 97.8 Å². The molecule has 0 saturated heterocycles. The average molecular weight is 232 g/mol. The third kappa shape index (κ3) is 3.67. The summed E-state index contributed by atoms with van der Waals surface area (Å²) in [5.74, 6) is 2.17. The lowest BCUT2D eigenvalue weighted by Crippen LogP contribution is -2.37. The van der Waals surface area contributed by atoms with E-state index in [4.69, 9.17) is 11.6 Å². The van der Waals surface area contributed by atoms with E-state index in [1.165, 1.54) is 12.8 Å². The van der Waals surface area contributed by atoms with Crippen LogP contribution in [0.3, 0.4) is 0 Å². The fourth-order valence-corrected chi connectivity index (χ4v) is 2.67. The number of hydrogen-bond acceptors (Lipinski definition) is 1. The fraction of sp³-hybridized carbons (Fsp3) is 0.917. The molecule has 0 bridgehead atoms. The molecule has 1 aliphatic carbocycles. The minimum atomic E-state index is 0.171. The summed E-state index contributed by atoms with van der Waals surface area (Å²) < 4.78 is 0. The summed E-state index contributed by atoms with van der Waals surface area (Å²) in [4.78, 5) is 11.5. The Morgan fingerprint density at radius 1 is 1.47 bits per heavy atom. The lowest BCUT2D eigenvalue weighted by Gasteiger charge is -2.20. The zero-order chi connectivity index (χ0) is 11.3. The number of nitrogens with one attached hydrogen (secondary N) is 1. The van der Waals surface area contributed by atoms with Gasteiger partial charge in [0.15, 0.2) is 0 Å². The van der Waals surface area contributed by atoms with Gasteiger partial charge in [-0.1, -0.05) is 20.3 Å². The van der Waals surface area contributed by atoms with Gasteiger partial charge in [0, 0.05) is 18.3 Å². The molecular formula is C12H22ClNO. The Morgan fingerprint density at radius 2 is 2.20 bits per heavy atom. The molecule has 0 heterocycles. The van der Waals surface area contributed by atoms with Crippen molar-refractivity contribution in [3.05, 3.63) is 0 Å². The SMILES string of the molecule is CCC1CCC(NC(=O)CCCCl)C1C. The smallest absolute Gasteiger partial charge is 0.220 e. The van der Waals surface area contributed by atoms with E-state index >= 15 is 0 Å². The Balaban J connectivity index is 2.30. The number of halogens is 1. The van der Waals surface area contributed by atoms with Crippen LogP contribution in [-0.2, 0) is 4.79 Å². The number of amides is 1. The third-order valence-electron chi connectivity index (χ3n) is 3.63. The Kier molecular flexibility index (Phi) is 5.44. The molecule has 3 atom stereocenters. The summed E-state index contributed by atoms with van der Waals surface area (Å²) in [7, 11) is 0. The second kappa shape index (κ2) is 6.37. The van der Waals surface area contributed by atoms with E-state index in [0.717, 1.165) is 18.8 Å². The molecular weight excluding hydrogens is 210 g/mol. The van der Waals surface area contributed by atoms with Crippen molar-refractivity contribution in [3.63, 3.8) is 0 Å². The van der Waals surface area contributed by atoms with Crippen molar-refractivity contribution in [2.24, 2.45) is 11.8 Å². The summed E-state index contributed by atoms with van der Waals surface area (Å²) in [6.07, 6.45) is 4.99. The van der Waals surface area contributed by atoms with Crippen LogP contribution in [0.1, 0.15) is 46.0 Å². The van der Waals surface area contributed by atoms with Gasteiger partial charge in [0.25, 0.3) is 0 Å². The molecule has 1 rings (SSSR count). The van der Waals surface area contributed by atoms with Gasteiger partial charge in [0.2, 0.25) is 5.91 Å². The number of carbonyl (C=O) groups is 1. The van der Waals surface area contributed by atoms with Gasteiger partial charge < -0.3 is 5.32 Å². The third-order valence-corrected chi connectivity index (χ3v) is 3.90. The van der Waals surface area contributed by atoms with Crippen molar-refractivity contribution in [2.75, 3.05) is 5.88 Å². The molecule has 0 aromatic carbocycles. The standard InChI is InChI=1S/C12H22ClNO/c1-3-10-6-7-11(9(10)2)14-12(15)5-4-8-13/h9-11H,3-8H2,1-2H3,(H,14,15).